The Kier molecular flexibility index (Phi) is 7.00. The van der Waals surface area contributed by atoms with E-state index in [-0.39, 0.29) is 11.8 Å². The third kappa shape index (κ3) is 5.27. The minimum Gasteiger partial charge on any atom is -0.356 e. The van der Waals surface area contributed by atoms with E-state index in [1.165, 1.54) is 12.8 Å². The van der Waals surface area contributed by atoms with Crippen molar-refractivity contribution >= 4 is 11.8 Å². The number of nitrogens with zero attached hydrogens (tertiary/aromatic N) is 3. The quantitative estimate of drug-likeness (QED) is 0.835. The van der Waals surface area contributed by atoms with E-state index in [0.717, 1.165) is 45.3 Å². The summed E-state index contributed by atoms with van der Waals surface area (Å²) >= 11 is 0. The number of amides is 2. The normalized spacial score (nSPS) is 23.8. The van der Waals surface area contributed by atoms with Crippen LogP contribution in [-0.2, 0) is 4.79 Å². The smallest absolute Gasteiger partial charge is 0.272 e. The van der Waals surface area contributed by atoms with Crippen molar-refractivity contribution in [3.05, 3.63) is 30.1 Å². The number of aromatic nitrogens is 1. The molecule has 0 aromatic carbocycles. The monoisotopic (exact) mass is 358 g/mol. The number of piperidine rings is 1. The van der Waals surface area contributed by atoms with E-state index in [9.17, 15) is 9.59 Å². The predicted molar refractivity (Wildman–Crippen MR) is 101 cm³/mol. The lowest BCUT2D eigenvalue weighted by atomic mass is 9.98. The third-order valence-electron chi connectivity index (χ3n) is 5.39. The zero-order chi connectivity index (χ0) is 18.2. The van der Waals surface area contributed by atoms with Gasteiger partial charge >= 0.3 is 0 Å². The first-order valence-corrected chi connectivity index (χ1v) is 9.95. The molecule has 2 fully saturated rings. The Bertz CT molecular complexity index is 593. The topological polar surface area (TPSA) is 65.5 Å². The van der Waals surface area contributed by atoms with Gasteiger partial charge in [0.2, 0.25) is 5.91 Å². The molecule has 6 nitrogen and oxygen atoms in total. The van der Waals surface area contributed by atoms with Crippen molar-refractivity contribution < 1.29 is 9.59 Å². The summed E-state index contributed by atoms with van der Waals surface area (Å²) in [4.78, 5) is 33.6. The highest BCUT2D eigenvalue weighted by molar-refractivity contribution is 5.92. The van der Waals surface area contributed by atoms with Gasteiger partial charge in [-0.3, -0.25) is 19.5 Å². The average Bonchev–Trinajstić information content (AvgIpc) is 2.69. The fraction of sp³-hybridized carbons (Fsp3) is 0.650. The first-order valence-electron chi connectivity index (χ1n) is 9.95. The van der Waals surface area contributed by atoms with Crippen LogP contribution >= 0.6 is 0 Å². The molecule has 0 saturated carbocycles. The maximum Gasteiger partial charge on any atom is 0.272 e. The number of carbonyl (C=O) groups is 2. The maximum atomic E-state index is 12.7. The summed E-state index contributed by atoms with van der Waals surface area (Å²) < 4.78 is 0. The Balaban J connectivity index is 1.63. The zero-order valence-electron chi connectivity index (χ0n) is 15.5. The summed E-state index contributed by atoms with van der Waals surface area (Å²) in [7, 11) is 0. The zero-order valence-corrected chi connectivity index (χ0v) is 15.5. The van der Waals surface area contributed by atoms with Gasteiger partial charge in [0.05, 0.1) is 0 Å². The Morgan fingerprint density at radius 2 is 1.81 bits per heavy atom. The molecular formula is C20H30N4O2. The second-order valence-electron chi connectivity index (χ2n) is 7.31. The summed E-state index contributed by atoms with van der Waals surface area (Å²) in [6.45, 7) is 4.14. The average molecular weight is 358 g/mol. The van der Waals surface area contributed by atoms with Crippen molar-refractivity contribution in [1.29, 1.82) is 0 Å². The van der Waals surface area contributed by atoms with Crippen LogP contribution in [-0.4, -0.2) is 65.4 Å². The molecule has 6 heteroatoms. The van der Waals surface area contributed by atoms with Gasteiger partial charge in [0.15, 0.2) is 0 Å². The lowest BCUT2D eigenvalue weighted by Gasteiger charge is -2.35. The van der Waals surface area contributed by atoms with Gasteiger partial charge in [0, 0.05) is 38.3 Å². The summed E-state index contributed by atoms with van der Waals surface area (Å²) in [5.41, 5.74) is 0.497. The van der Waals surface area contributed by atoms with E-state index < -0.39 is 0 Å². The Morgan fingerprint density at radius 1 is 1.04 bits per heavy atom. The number of pyridine rings is 1. The molecule has 26 heavy (non-hydrogen) atoms. The first kappa shape index (κ1) is 18.8. The van der Waals surface area contributed by atoms with E-state index in [0.29, 0.717) is 31.2 Å². The molecule has 3 heterocycles. The second kappa shape index (κ2) is 9.67. The first-order chi connectivity index (χ1) is 12.7. The van der Waals surface area contributed by atoms with Crippen LogP contribution in [0.25, 0.3) is 0 Å². The van der Waals surface area contributed by atoms with Crippen LogP contribution in [0.15, 0.2) is 24.4 Å². The summed E-state index contributed by atoms with van der Waals surface area (Å²) in [6.07, 6.45) is 8.66. The highest BCUT2D eigenvalue weighted by atomic mass is 16.2. The van der Waals surface area contributed by atoms with Gasteiger partial charge in [-0.1, -0.05) is 12.5 Å². The molecular weight excluding hydrogens is 328 g/mol. The molecule has 142 valence electrons. The van der Waals surface area contributed by atoms with Crippen molar-refractivity contribution in [3.63, 3.8) is 0 Å². The van der Waals surface area contributed by atoms with Gasteiger partial charge in [-0.05, 0) is 57.3 Å². The molecule has 0 bridgehead atoms. The van der Waals surface area contributed by atoms with Gasteiger partial charge in [-0.15, -0.1) is 0 Å². The molecule has 2 saturated heterocycles. The van der Waals surface area contributed by atoms with Gasteiger partial charge in [-0.2, -0.15) is 0 Å². The van der Waals surface area contributed by atoms with E-state index in [1.54, 1.807) is 12.3 Å². The van der Waals surface area contributed by atoms with Crippen molar-refractivity contribution in [2.75, 3.05) is 32.7 Å². The molecule has 1 N–H and O–H groups in total. The minimum absolute atomic E-state index is 0.0114. The molecule has 1 aromatic rings. The van der Waals surface area contributed by atoms with Crippen molar-refractivity contribution in [2.24, 2.45) is 0 Å². The van der Waals surface area contributed by atoms with Crippen LogP contribution in [0, 0.1) is 0 Å². The maximum absolute atomic E-state index is 12.7. The number of hydrogen-bond donors (Lipinski definition) is 1. The number of nitrogens with one attached hydrogen (secondary N) is 1. The van der Waals surface area contributed by atoms with Gasteiger partial charge in [0.25, 0.3) is 5.91 Å². The van der Waals surface area contributed by atoms with Crippen LogP contribution in [0.4, 0.5) is 0 Å². The lowest BCUT2D eigenvalue weighted by Crippen LogP contribution is -2.43. The van der Waals surface area contributed by atoms with Crippen LogP contribution in [0.3, 0.4) is 0 Å². The fourth-order valence-corrected chi connectivity index (χ4v) is 3.95. The molecule has 3 rings (SSSR count). The number of fused-ring (bicyclic) bond motifs is 1. The van der Waals surface area contributed by atoms with Crippen LogP contribution in [0.2, 0.25) is 0 Å². The molecule has 0 aliphatic carbocycles. The van der Waals surface area contributed by atoms with E-state index in [4.69, 9.17) is 0 Å². The molecule has 1 unspecified atom stereocenters. The molecule has 2 aliphatic heterocycles. The summed E-state index contributed by atoms with van der Waals surface area (Å²) in [6, 6.07) is 5.82. The molecule has 2 amide bonds. The Hall–Kier alpha value is -1.95. The van der Waals surface area contributed by atoms with Crippen LogP contribution < -0.4 is 5.32 Å². The summed E-state index contributed by atoms with van der Waals surface area (Å²) in [5.74, 6) is 0.131. The highest BCUT2D eigenvalue weighted by Gasteiger charge is 2.25. The number of hydrogen-bond acceptors (Lipinski definition) is 4. The second-order valence-corrected chi connectivity index (χ2v) is 7.31. The van der Waals surface area contributed by atoms with Crippen molar-refractivity contribution in [1.82, 2.24) is 20.1 Å². The number of rotatable bonds is 1. The van der Waals surface area contributed by atoms with Crippen LogP contribution in [0.5, 0.6) is 0 Å². The Morgan fingerprint density at radius 3 is 2.62 bits per heavy atom. The van der Waals surface area contributed by atoms with Gasteiger partial charge in [0.1, 0.15) is 5.69 Å². The number of carbonyl (C=O) groups excluding carboxylic acids is 2. The Labute approximate surface area is 156 Å². The standard InChI is InChI=1S/C20H30N4O2/c25-19-16-17-8-2-4-12-23(17)13-5-6-14-24(15-7-11-22-19)20(26)18-9-1-3-10-21-18/h1,3,9-10,17H,2,4-8,11-16H2,(H,22,25). The van der Waals surface area contributed by atoms with E-state index >= 15 is 0 Å². The fourth-order valence-electron chi connectivity index (χ4n) is 3.95. The highest BCUT2D eigenvalue weighted by Crippen LogP contribution is 2.20. The molecule has 1 aromatic heterocycles. The predicted octanol–water partition coefficient (Wildman–Crippen LogP) is 2.07. The molecule has 0 radical (unpaired) electrons. The molecule has 0 spiro atoms. The van der Waals surface area contributed by atoms with Gasteiger partial charge < -0.3 is 10.2 Å². The van der Waals surface area contributed by atoms with Crippen molar-refractivity contribution in [3.8, 4) is 0 Å². The van der Waals surface area contributed by atoms with Gasteiger partial charge in [-0.25, -0.2) is 0 Å². The largest absolute Gasteiger partial charge is 0.356 e. The van der Waals surface area contributed by atoms with E-state index in [2.05, 4.69) is 15.2 Å². The van der Waals surface area contributed by atoms with E-state index in [1.807, 2.05) is 17.0 Å². The van der Waals surface area contributed by atoms with Crippen molar-refractivity contribution in [2.45, 2.75) is 51.0 Å². The lowest BCUT2D eigenvalue weighted by molar-refractivity contribution is -0.122. The minimum atomic E-state index is -0.0114. The SMILES string of the molecule is O=C1CC2CCCCN2CCCCN(C(=O)c2ccccn2)CCCN1. The summed E-state index contributed by atoms with van der Waals surface area (Å²) in [5, 5.41) is 3.03. The molecule has 1 atom stereocenters. The third-order valence-corrected chi connectivity index (χ3v) is 5.39. The van der Waals surface area contributed by atoms with Crippen LogP contribution in [0.1, 0.15) is 55.4 Å². The molecule has 2 aliphatic rings.